The van der Waals surface area contributed by atoms with E-state index in [0.717, 1.165) is 12.5 Å². The van der Waals surface area contributed by atoms with Gasteiger partial charge in [-0.1, -0.05) is 46.0 Å². The molecule has 2 rings (SSSR count). The van der Waals surface area contributed by atoms with Crippen LogP contribution in [0, 0.1) is 5.92 Å². The summed E-state index contributed by atoms with van der Waals surface area (Å²) in [6, 6.07) is 5.33. The van der Waals surface area contributed by atoms with Crippen molar-refractivity contribution in [3.63, 3.8) is 0 Å². The summed E-state index contributed by atoms with van der Waals surface area (Å²) in [7, 11) is 0. The Hall–Kier alpha value is -0.340. The van der Waals surface area contributed by atoms with Crippen molar-refractivity contribution in [3.8, 4) is 0 Å². The van der Waals surface area contributed by atoms with Crippen LogP contribution in [0.15, 0.2) is 12.1 Å². The van der Waals surface area contributed by atoms with Gasteiger partial charge in [-0.25, -0.2) is 0 Å². The first kappa shape index (κ1) is 16.0. The molecule has 1 aliphatic rings. The maximum absolute atomic E-state index is 3.85. The zero-order valence-electron chi connectivity index (χ0n) is 13.3. The number of aryl methyl sites for hydroxylation is 1. The van der Waals surface area contributed by atoms with Crippen LogP contribution in [0.2, 0.25) is 0 Å². The first-order valence-electron chi connectivity index (χ1n) is 8.67. The van der Waals surface area contributed by atoms with Crippen molar-refractivity contribution in [1.82, 2.24) is 5.32 Å². The lowest BCUT2D eigenvalue weighted by Gasteiger charge is -2.29. The third-order valence-electron chi connectivity index (χ3n) is 4.57. The zero-order chi connectivity index (χ0) is 14.2. The van der Waals surface area contributed by atoms with E-state index in [1.54, 1.807) is 4.88 Å². The van der Waals surface area contributed by atoms with Gasteiger partial charge in [0.15, 0.2) is 0 Å². The van der Waals surface area contributed by atoms with Gasteiger partial charge in [0.05, 0.1) is 0 Å². The summed E-state index contributed by atoms with van der Waals surface area (Å²) in [6.45, 7) is 5.69. The van der Waals surface area contributed by atoms with Gasteiger partial charge in [0.1, 0.15) is 0 Å². The second-order valence-electron chi connectivity index (χ2n) is 6.19. The topological polar surface area (TPSA) is 12.0 Å². The third-order valence-corrected chi connectivity index (χ3v) is 5.89. The Morgan fingerprint density at radius 2 is 1.80 bits per heavy atom. The average molecular weight is 294 g/mol. The Labute approximate surface area is 129 Å². The van der Waals surface area contributed by atoms with Crippen LogP contribution in [0.5, 0.6) is 0 Å². The molecule has 1 aliphatic carbocycles. The minimum absolute atomic E-state index is 0.610. The fourth-order valence-electron chi connectivity index (χ4n) is 3.37. The molecule has 0 aromatic carbocycles. The van der Waals surface area contributed by atoms with E-state index in [2.05, 4.69) is 31.3 Å². The van der Waals surface area contributed by atoms with Crippen LogP contribution in [0.3, 0.4) is 0 Å². The largest absolute Gasteiger partial charge is 0.309 e. The Bertz CT molecular complexity index is 363. The monoisotopic (exact) mass is 293 g/mol. The molecular formula is C18H31NS. The standard InChI is InChI=1S/C18H31NS/c1-3-14-19-18(17-13-12-16(4-2)20-17)15-10-8-6-5-7-9-11-15/h12-13,15,18-19H,3-11,14H2,1-2H3. The molecule has 0 aliphatic heterocycles. The Balaban J connectivity index is 2.07. The van der Waals surface area contributed by atoms with E-state index >= 15 is 0 Å². The summed E-state index contributed by atoms with van der Waals surface area (Å²) in [5.74, 6) is 0.852. The SMILES string of the molecule is CCCNC(c1ccc(CC)s1)C1CCCCCCC1. The van der Waals surface area contributed by atoms with Crippen LogP contribution >= 0.6 is 11.3 Å². The Morgan fingerprint density at radius 3 is 2.40 bits per heavy atom. The molecule has 1 aromatic rings. The second-order valence-corrected chi connectivity index (χ2v) is 7.39. The molecule has 0 bridgehead atoms. The van der Waals surface area contributed by atoms with E-state index in [0.29, 0.717) is 6.04 Å². The molecule has 1 aromatic heterocycles. The van der Waals surface area contributed by atoms with E-state index in [1.807, 2.05) is 11.3 Å². The molecule has 20 heavy (non-hydrogen) atoms. The Morgan fingerprint density at radius 1 is 1.10 bits per heavy atom. The first-order valence-corrected chi connectivity index (χ1v) is 9.48. The summed E-state index contributed by atoms with van der Waals surface area (Å²) in [5.41, 5.74) is 0. The highest BCUT2D eigenvalue weighted by Gasteiger charge is 2.24. The fraction of sp³-hybridized carbons (Fsp3) is 0.778. The van der Waals surface area contributed by atoms with Gasteiger partial charge < -0.3 is 5.32 Å². The van der Waals surface area contributed by atoms with Gasteiger partial charge in [0.2, 0.25) is 0 Å². The van der Waals surface area contributed by atoms with Crippen molar-refractivity contribution in [3.05, 3.63) is 21.9 Å². The minimum Gasteiger partial charge on any atom is -0.309 e. The molecule has 0 amide bonds. The molecular weight excluding hydrogens is 262 g/mol. The molecule has 1 atom stereocenters. The van der Waals surface area contributed by atoms with Crippen LogP contribution in [-0.2, 0) is 6.42 Å². The van der Waals surface area contributed by atoms with Gasteiger partial charge >= 0.3 is 0 Å². The quantitative estimate of drug-likeness (QED) is 0.708. The number of hydrogen-bond acceptors (Lipinski definition) is 2. The van der Waals surface area contributed by atoms with Crippen molar-refractivity contribution < 1.29 is 0 Å². The predicted molar refractivity (Wildman–Crippen MR) is 90.5 cm³/mol. The predicted octanol–water partition coefficient (Wildman–Crippen LogP) is 5.71. The van der Waals surface area contributed by atoms with Crippen molar-refractivity contribution in [2.24, 2.45) is 5.92 Å². The van der Waals surface area contributed by atoms with E-state index in [1.165, 1.54) is 62.7 Å². The summed E-state index contributed by atoms with van der Waals surface area (Å²) in [4.78, 5) is 3.12. The molecule has 1 unspecified atom stereocenters. The molecule has 1 fully saturated rings. The summed E-state index contributed by atoms with van der Waals surface area (Å²) >= 11 is 2.03. The van der Waals surface area contributed by atoms with Gasteiger partial charge in [0.25, 0.3) is 0 Å². The van der Waals surface area contributed by atoms with E-state index in [9.17, 15) is 0 Å². The van der Waals surface area contributed by atoms with Gasteiger partial charge in [-0.05, 0) is 50.3 Å². The number of hydrogen-bond donors (Lipinski definition) is 1. The van der Waals surface area contributed by atoms with E-state index < -0.39 is 0 Å². The minimum atomic E-state index is 0.610. The molecule has 1 nitrogen and oxygen atoms in total. The van der Waals surface area contributed by atoms with Crippen LogP contribution in [0.25, 0.3) is 0 Å². The normalized spacial score (nSPS) is 19.5. The fourth-order valence-corrected chi connectivity index (χ4v) is 4.49. The Kier molecular flexibility index (Phi) is 7.09. The van der Waals surface area contributed by atoms with Gasteiger partial charge in [0, 0.05) is 15.8 Å². The highest BCUT2D eigenvalue weighted by Crippen LogP contribution is 2.36. The molecule has 2 heteroatoms. The number of thiophene rings is 1. The van der Waals surface area contributed by atoms with Crippen molar-refractivity contribution in [1.29, 1.82) is 0 Å². The van der Waals surface area contributed by atoms with Gasteiger partial charge in [-0.3, -0.25) is 0 Å². The van der Waals surface area contributed by atoms with Gasteiger partial charge in [-0.15, -0.1) is 11.3 Å². The van der Waals surface area contributed by atoms with Crippen LogP contribution < -0.4 is 5.32 Å². The lowest BCUT2D eigenvalue weighted by Crippen LogP contribution is -2.29. The molecule has 114 valence electrons. The molecule has 0 saturated heterocycles. The van der Waals surface area contributed by atoms with Gasteiger partial charge in [-0.2, -0.15) is 0 Å². The van der Waals surface area contributed by atoms with Crippen LogP contribution in [-0.4, -0.2) is 6.54 Å². The zero-order valence-corrected chi connectivity index (χ0v) is 14.1. The summed E-state index contributed by atoms with van der Waals surface area (Å²) < 4.78 is 0. The highest BCUT2D eigenvalue weighted by atomic mass is 32.1. The highest BCUT2D eigenvalue weighted by molar-refractivity contribution is 7.12. The smallest absolute Gasteiger partial charge is 0.0443 e. The molecule has 1 heterocycles. The van der Waals surface area contributed by atoms with Crippen LogP contribution in [0.4, 0.5) is 0 Å². The second kappa shape index (κ2) is 8.84. The van der Waals surface area contributed by atoms with E-state index in [-0.39, 0.29) is 0 Å². The number of nitrogens with one attached hydrogen (secondary N) is 1. The van der Waals surface area contributed by atoms with E-state index in [4.69, 9.17) is 0 Å². The van der Waals surface area contributed by atoms with Crippen LogP contribution in [0.1, 0.15) is 81.0 Å². The molecule has 1 N–H and O–H groups in total. The summed E-state index contributed by atoms with van der Waals surface area (Å²) in [5, 5.41) is 3.85. The first-order chi connectivity index (χ1) is 9.85. The molecule has 0 spiro atoms. The lowest BCUT2D eigenvalue weighted by atomic mass is 9.85. The van der Waals surface area contributed by atoms with Crippen molar-refractivity contribution >= 4 is 11.3 Å². The average Bonchev–Trinajstić information content (AvgIpc) is 2.89. The van der Waals surface area contributed by atoms with Crippen molar-refractivity contribution in [2.75, 3.05) is 6.54 Å². The molecule has 0 radical (unpaired) electrons. The maximum atomic E-state index is 3.85. The molecule has 1 saturated carbocycles. The van der Waals surface area contributed by atoms with Crippen molar-refractivity contribution in [2.45, 2.75) is 77.7 Å². The maximum Gasteiger partial charge on any atom is 0.0443 e. The summed E-state index contributed by atoms with van der Waals surface area (Å²) in [6.07, 6.45) is 12.5. The number of rotatable bonds is 6. The third kappa shape index (κ3) is 4.60. The lowest BCUT2D eigenvalue weighted by molar-refractivity contribution is 0.292.